The summed E-state index contributed by atoms with van der Waals surface area (Å²) in [5.41, 5.74) is 1.89. The van der Waals surface area contributed by atoms with Gasteiger partial charge in [-0.1, -0.05) is 0 Å². The van der Waals surface area contributed by atoms with Gasteiger partial charge in [0.05, 0.1) is 5.69 Å². The van der Waals surface area contributed by atoms with E-state index in [4.69, 9.17) is 0 Å². The van der Waals surface area contributed by atoms with E-state index in [2.05, 4.69) is 28.9 Å². The Balaban J connectivity index is 1.68. The minimum atomic E-state index is -0.211. The van der Waals surface area contributed by atoms with Crippen LogP contribution in [-0.2, 0) is 0 Å². The van der Waals surface area contributed by atoms with Gasteiger partial charge in [-0.25, -0.2) is 9.37 Å². The van der Waals surface area contributed by atoms with Gasteiger partial charge in [-0.3, -0.25) is 0 Å². The molecule has 2 aromatic rings. The lowest BCUT2D eigenvalue weighted by Crippen LogP contribution is -2.27. The molecule has 21 heavy (non-hydrogen) atoms. The first-order valence-corrected chi connectivity index (χ1v) is 8.11. The van der Waals surface area contributed by atoms with Gasteiger partial charge in [0.25, 0.3) is 0 Å². The van der Waals surface area contributed by atoms with Gasteiger partial charge in [-0.15, -0.1) is 11.3 Å². The fourth-order valence-electron chi connectivity index (χ4n) is 2.83. The molecule has 1 atom stereocenters. The van der Waals surface area contributed by atoms with E-state index in [0.717, 1.165) is 28.9 Å². The SMILES string of the molecule is CN1CC[C@H](CN(C)c2nc(-c3ccc(F)cc3)cs2)C1. The number of anilines is 1. The number of rotatable bonds is 4. The molecule has 1 saturated heterocycles. The van der Waals surface area contributed by atoms with Crippen molar-refractivity contribution in [2.24, 2.45) is 5.92 Å². The van der Waals surface area contributed by atoms with Crippen molar-refractivity contribution in [1.82, 2.24) is 9.88 Å². The van der Waals surface area contributed by atoms with E-state index >= 15 is 0 Å². The molecule has 3 rings (SSSR count). The van der Waals surface area contributed by atoms with Crippen LogP contribution in [0, 0.1) is 11.7 Å². The van der Waals surface area contributed by atoms with Crippen LogP contribution in [0.5, 0.6) is 0 Å². The Kier molecular flexibility index (Phi) is 4.22. The van der Waals surface area contributed by atoms with Gasteiger partial charge >= 0.3 is 0 Å². The molecule has 1 fully saturated rings. The maximum Gasteiger partial charge on any atom is 0.185 e. The second kappa shape index (κ2) is 6.12. The molecule has 0 aliphatic carbocycles. The molecule has 0 saturated carbocycles. The van der Waals surface area contributed by atoms with E-state index in [9.17, 15) is 4.39 Å². The number of aromatic nitrogens is 1. The maximum absolute atomic E-state index is 13.0. The summed E-state index contributed by atoms with van der Waals surface area (Å²) in [5, 5.41) is 3.07. The third-order valence-corrected chi connectivity index (χ3v) is 4.93. The average Bonchev–Trinajstić information content (AvgIpc) is 3.09. The number of hydrogen-bond acceptors (Lipinski definition) is 4. The molecule has 0 bridgehead atoms. The number of thiazole rings is 1. The fraction of sp³-hybridized carbons (Fsp3) is 0.438. The molecular weight excluding hydrogens is 285 g/mol. The molecule has 0 unspecified atom stereocenters. The summed E-state index contributed by atoms with van der Waals surface area (Å²) < 4.78 is 13.0. The van der Waals surface area contributed by atoms with Crippen LogP contribution in [-0.4, -0.2) is 43.6 Å². The van der Waals surface area contributed by atoms with E-state index in [-0.39, 0.29) is 5.82 Å². The standard InChI is InChI=1S/C16H20FN3S/c1-19-8-7-12(9-19)10-20(2)16-18-15(11-21-16)13-3-5-14(17)6-4-13/h3-6,11-12H,7-10H2,1-2H3/t12-/m0/s1. The summed E-state index contributed by atoms with van der Waals surface area (Å²) in [6.07, 6.45) is 1.26. The van der Waals surface area contributed by atoms with Crippen LogP contribution in [0.15, 0.2) is 29.6 Å². The minimum absolute atomic E-state index is 0.211. The third-order valence-electron chi connectivity index (χ3n) is 3.98. The topological polar surface area (TPSA) is 19.4 Å². The van der Waals surface area contributed by atoms with Crippen molar-refractivity contribution in [3.05, 3.63) is 35.5 Å². The highest BCUT2D eigenvalue weighted by Crippen LogP contribution is 2.28. The van der Waals surface area contributed by atoms with Crippen molar-refractivity contribution in [2.75, 3.05) is 38.6 Å². The number of nitrogens with zero attached hydrogens (tertiary/aromatic N) is 3. The summed E-state index contributed by atoms with van der Waals surface area (Å²) in [6, 6.07) is 6.51. The maximum atomic E-state index is 13.0. The lowest BCUT2D eigenvalue weighted by molar-refractivity contribution is 0.396. The lowest BCUT2D eigenvalue weighted by atomic mass is 10.1. The highest BCUT2D eigenvalue weighted by atomic mass is 32.1. The van der Waals surface area contributed by atoms with Gasteiger partial charge in [-0.2, -0.15) is 0 Å². The van der Waals surface area contributed by atoms with E-state index < -0.39 is 0 Å². The van der Waals surface area contributed by atoms with Crippen molar-refractivity contribution >= 4 is 16.5 Å². The van der Waals surface area contributed by atoms with Gasteiger partial charge < -0.3 is 9.80 Å². The first kappa shape index (κ1) is 14.5. The van der Waals surface area contributed by atoms with Crippen LogP contribution in [0.4, 0.5) is 9.52 Å². The Morgan fingerprint density at radius 1 is 1.38 bits per heavy atom. The molecule has 112 valence electrons. The monoisotopic (exact) mass is 305 g/mol. The zero-order valence-corrected chi connectivity index (χ0v) is 13.2. The highest BCUT2D eigenvalue weighted by molar-refractivity contribution is 7.14. The van der Waals surface area contributed by atoms with E-state index in [0.29, 0.717) is 0 Å². The molecule has 2 heterocycles. The predicted molar refractivity (Wildman–Crippen MR) is 86.4 cm³/mol. The molecule has 0 radical (unpaired) electrons. The van der Waals surface area contributed by atoms with E-state index in [1.54, 1.807) is 23.5 Å². The summed E-state index contributed by atoms with van der Waals surface area (Å²) >= 11 is 1.65. The van der Waals surface area contributed by atoms with E-state index in [1.807, 2.05) is 5.38 Å². The summed E-state index contributed by atoms with van der Waals surface area (Å²) in [7, 11) is 4.28. The normalized spacial score (nSPS) is 19.1. The molecule has 1 aliphatic heterocycles. The third kappa shape index (κ3) is 3.41. The van der Waals surface area contributed by atoms with Gasteiger partial charge in [0, 0.05) is 31.1 Å². The molecular formula is C16H20FN3S. The first-order chi connectivity index (χ1) is 10.1. The molecule has 1 aromatic carbocycles. The Morgan fingerprint density at radius 2 is 2.14 bits per heavy atom. The van der Waals surface area contributed by atoms with Crippen molar-refractivity contribution in [2.45, 2.75) is 6.42 Å². The number of likely N-dealkylation sites (tertiary alicyclic amines) is 1. The Morgan fingerprint density at radius 3 is 2.81 bits per heavy atom. The highest BCUT2D eigenvalue weighted by Gasteiger charge is 2.21. The predicted octanol–water partition coefficient (Wildman–Crippen LogP) is 3.34. The van der Waals surface area contributed by atoms with Crippen LogP contribution in [0.1, 0.15) is 6.42 Å². The first-order valence-electron chi connectivity index (χ1n) is 7.23. The molecule has 5 heteroatoms. The van der Waals surface area contributed by atoms with Gasteiger partial charge in [0.1, 0.15) is 5.82 Å². The second-order valence-corrected chi connectivity index (χ2v) is 6.66. The van der Waals surface area contributed by atoms with Crippen molar-refractivity contribution in [3.63, 3.8) is 0 Å². The van der Waals surface area contributed by atoms with Crippen LogP contribution in [0.25, 0.3) is 11.3 Å². The fourth-order valence-corrected chi connectivity index (χ4v) is 3.64. The van der Waals surface area contributed by atoms with Crippen molar-refractivity contribution in [3.8, 4) is 11.3 Å². The van der Waals surface area contributed by atoms with Gasteiger partial charge in [0.2, 0.25) is 0 Å². The van der Waals surface area contributed by atoms with Gasteiger partial charge in [0.15, 0.2) is 5.13 Å². The summed E-state index contributed by atoms with van der Waals surface area (Å²) in [4.78, 5) is 9.30. The molecule has 0 N–H and O–H groups in total. The van der Waals surface area contributed by atoms with Crippen molar-refractivity contribution < 1.29 is 4.39 Å². The van der Waals surface area contributed by atoms with Crippen LogP contribution in [0.3, 0.4) is 0 Å². The molecule has 1 aromatic heterocycles. The van der Waals surface area contributed by atoms with Crippen LogP contribution >= 0.6 is 11.3 Å². The molecule has 3 nitrogen and oxygen atoms in total. The summed E-state index contributed by atoms with van der Waals surface area (Å²) in [6.45, 7) is 3.40. The zero-order valence-electron chi connectivity index (χ0n) is 12.4. The lowest BCUT2D eigenvalue weighted by Gasteiger charge is -2.20. The van der Waals surface area contributed by atoms with E-state index in [1.165, 1.54) is 31.6 Å². The summed E-state index contributed by atoms with van der Waals surface area (Å²) in [5.74, 6) is 0.509. The Hall–Kier alpha value is -1.46. The number of benzene rings is 1. The number of halogens is 1. The van der Waals surface area contributed by atoms with Gasteiger partial charge in [-0.05, 0) is 50.2 Å². The average molecular weight is 305 g/mol. The zero-order chi connectivity index (χ0) is 14.8. The van der Waals surface area contributed by atoms with Crippen molar-refractivity contribution in [1.29, 1.82) is 0 Å². The quantitative estimate of drug-likeness (QED) is 0.863. The molecule has 0 spiro atoms. The molecule has 1 aliphatic rings. The van der Waals surface area contributed by atoms with Crippen LogP contribution in [0.2, 0.25) is 0 Å². The number of hydrogen-bond donors (Lipinski definition) is 0. The van der Waals surface area contributed by atoms with Crippen LogP contribution < -0.4 is 4.90 Å². The Bertz CT molecular complexity index is 596. The minimum Gasteiger partial charge on any atom is -0.351 e. The largest absolute Gasteiger partial charge is 0.351 e. The molecule has 0 amide bonds. The smallest absolute Gasteiger partial charge is 0.185 e. The Labute approximate surface area is 129 Å². The second-order valence-electron chi connectivity index (χ2n) is 5.82.